The maximum Gasteiger partial charge on any atom is 0.335 e. The summed E-state index contributed by atoms with van der Waals surface area (Å²) in [6.07, 6.45) is 0. The van der Waals surface area contributed by atoms with E-state index in [0.29, 0.717) is 5.75 Å². The van der Waals surface area contributed by atoms with Gasteiger partial charge in [0.2, 0.25) is 0 Å². The summed E-state index contributed by atoms with van der Waals surface area (Å²) in [7, 11) is 1.51. The topological polar surface area (TPSA) is 55.8 Å². The fraction of sp³-hybridized carbons (Fsp3) is 0.300. The molecule has 1 aromatic rings. The number of ether oxygens (including phenoxy) is 2. The molecule has 0 aliphatic heterocycles. The summed E-state index contributed by atoms with van der Waals surface area (Å²) in [5.41, 5.74) is 1.06. The number of hydrogen-bond acceptors (Lipinski definition) is 3. The smallest absolute Gasteiger partial charge is 0.335 e. The minimum absolute atomic E-state index is 0.114. The summed E-state index contributed by atoms with van der Waals surface area (Å²) in [5.74, 6) is -0.458. The molecule has 0 aromatic heterocycles. The van der Waals surface area contributed by atoms with Gasteiger partial charge < -0.3 is 14.6 Å². The number of carboxylic acids is 1. The molecule has 4 nitrogen and oxygen atoms in total. The normalized spacial score (nSPS) is 9.86. The van der Waals surface area contributed by atoms with Gasteiger partial charge in [-0.3, -0.25) is 0 Å². The average molecular weight is 196 g/mol. The Hall–Kier alpha value is -1.55. The Morgan fingerprint density at radius 2 is 2.14 bits per heavy atom. The van der Waals surface area contributed by atoms with E-state index in [4.69, 9.17) is 14.6 Å². The molecule has 4 heteroatoms. The van der Waals surface area contributed by atoms with Gasteiger partial charge in [0.1, 0.15) is 5.75 Å². The van der Waals surface area contributed by atoms with Crippen LogP contribution in [0.1, 0.15) is 15.9 Å². The summed E-state index contributed by atoms with van der Waals surface area (Å²) in [4.78, 5) is 10.7. The summed E-state index contributed by atoms with van der Waals surface area (Å²) in [5, 5.41) is 8.77. The van der Waals surface area contributed by atoms with Crippen LogP contribution in [0.25, 0.3) is 0 Å². The second-order valence-corrected chi connectivity index (χ2v) is 2.89. The van der Waals surface area contributed by atoms with Gasteiger partial charge in [0.15, 0.2) is 6.79 Å². The Labute approximate surface area is 82.1 Å². The van der Waals surface area contributed by atoms with Gasteiger partial charge in [-0.05, 0) is 30.7 Å². The number of aryl methyl sites for hydroxylation is 1. The number of carbonyl (C=O) groups is 1. The largest absolute Gasteiger partial charge is 0.478 e. The Morgan fingerprint density at radius 3 is 2.71 bits per heavy atom. The van der Waals surface area contributed by atoms with Crippen LogP contribution in [0.5, 0.6) is 5.75 Å². The Balaban J connectivity index is 2.89. The number of methoxy groups -OCH3 is 1. The van der Waals surface area contributed by atoms with Crippen molar-refractivity contribution < 1.29 is 19.4 Å². The van der Waals surface area contributed by atoms with Crippen molar-refractivity contribution in [2.75, 3.05) is 13.9 Å². The predicted octanol–water partition coefficient (Wildman–Crippen LogP) is 1.68. The van der Waals surface area contributed by atoms with E-state index < -0.39 is 5.97 Å². The molecule has 1 rings (SSSR count). The summed E-state index contributed by atoms with van der Waals surface area (Å²) < 4.78 is 9.86. The third-order valence-corrected chi connectivity index (χ3v) is 1.64. The van der Waals surface area contributed by atoms with Crippen LogP contribution in [0.15, 0.2) is 18.2 Å². The first-order valence-electron chi connectivity index (χ1n) is 4.10. The van der Waals surface area contributed by atoms with E-state index >= 15 is 0 Å². The maximum absolute atomic E-state index is 10.7. The van der Waals surface area contributed by atoms with Gasteiger partial charge in [-0.2, -0.15) is 0 Å². The van der Waals surface area contributed by atoms with Crippen LogP contribution in [0.3, 0.4) is 0 Å². The number of rotatable bonds is 4. The summed E-state index contributed by atoms with van der Waals surface area (Å²) in [6, 6.07) is 4.81. The molecule has 0 bridgehead atoms. The molecule has 76 valence electrons. The van der Waals surface area contributed by atoms with Crippen molar-refractivity contribution in [3.63, 3.8) is 0 Å². The SMILES string of the molecule is COCOc1cc(C)cc(C(=O)O)c1. The molecule has 1 aromatic carbocycles. The first kappa shape index (κ1) is 10.5. The first-order chi connectivity index (χ1) is 6.63. The highest BCUT2D eigenvalue weighted by Crippen LogP contribution is 2.16. The molecule has 1 N–H and O–H groups in total. The quantitative estimate of drug-likeness (QED) is 0.744. The number of carboxylic acid groups (broad SMARTS) is 1. The average Bonchev–Trinajstić information content (AvgIpc) is 2.14. The van der Waals surface area contributed by atoms with Crippen LogP contribution >= 0.6 is 0 Å². The van der Waals surface area contributed by atoms with Gasteiger partial charge >= 0.3 is 5.97 Å². The Kier molecular flexibility index (Phi) is 3.48. The minimum atomic E-state index is -0.962. The van der Waals surface area contributed by atoms with Crippen molar-refractivity contribution in [1.29, 1.82) is 0 Å². The van der Waals surface area contributed by atoms with Gasteiger partial charge in [0, 0.05) is 7.11 Å². The van der Waals surface area contributed by atoms with Crippen LogP contribution in [0.4, 0.5) is 0 Å². The summed E-state index contributed by atoms with van der Waals surface area (Å²) in [6.45, 7) is 1.93. The van der Waals surface area contributed by atoms with E-state index in [-0.39, 0.29) is 12.4 Å². The molecule has 14 heavy (non-hydrogen) atoms. The number of aromatic carboxylic acids is 1. The molecular weight excluding hydrogens is 184 g/mol. The van der Waals surface area contributed by atoms with E-state index in [0.717, 1.165) is 5.56 Å². The number of benzene rings is 1. The first-order valence-corrected chi connectivity index (χ1v) is 4.10. The standard InChI is InChI=1S/C10H12O4/c1-7-3-8(10(11)12)5-9(4-7)14-6-13-2/h3-5H,6H2,1-2H3,(H,11,12). The lowest BCUT2D eigenvalue weighted by Crippen LogP contribution is -2.02. The molecule has 0 heterocycles. The Bertz CT molecular complexity index is 333. The van der Waals surface area contributed by atoms with E-state index in [1.165, 1.54) is 13.2 Å². The second kappa shape index (κ2) is 4.62. The predicted molar refractivity (Wildman–Crippen MR) is 50.6 cm³/mol. The summed E-state index contributed by atoms with van der Waals surface area (Å²) >= 11 is 0. The molecule has 0 amide bonds. The van der Waals surface area contributed by atoms with Crippen molar-refractivity contribution in [2.24, 2.45) is 0 Å². The van der Waals surface area contributed by atoms with E-state index in [9.17, 15) is 4.79 Å². The molecule has 0 aliphatic carbocycles. The lowest BCUT2D eigenvalue weighted by Gasteiger charge is -2.06. The van der Waals surface area contributed by atoms with Crippen LogP contribution in [-0.4, -0.2) is 25.0 Å². The third-order valence-electron chi connectivity index (χ3n) is 1.64. The molecule has 0 spiro atoms. The lowest BCUT2D eigenvalue weighted by atomic mass is 10.1. The van der Waals surface area contributed by atoms with Crippen molar-refractivity contribution >= 4 is 5.97 Å². The van der Waals surface area contributed by atoms with Crippen LogP contribution in [0, 0.1) is 6.92 Å². The molecule has 0 saturated heterocycles. The van der Waals surface area contributed by atoms with Crippen molar-refractivity contribution in [1.82, 2.24) is 0 Å². The number of hydrogen-bond donors (Lipinski definition) is 1. The lowest BCUT2D eigenvalue weighted by molar-refractivity contribution is 0.0507. The zero-order valence-electron chi connectivity index (χ0n) is 8.11. The fourth-order valence-corrected chi connectivity index (χ4v) is 1.08. The van der Waals surface area contributed by atoms with E-state index in [1.54, 1.807) is 12.1 Å². The molecule has 0 atom stereocenters. The van der Waals surface area contributed by atoms with Crippen molar-refractivity contribution in [3.8, 4) is 5.75 Å². The zero-order valence-corrected chi connectivity index (χ0v) is 8.11. The van der Waals surface area contributed by atoms with Crippen LogP contribution < -0.4 is 4.74 Å². The molecule has 0 fully saturated rings. The highest BCUT2D eigenvalue weighted by atomic mass is 16.7. The molecular formula is C10H12O4. The molecule has 0 radical (unpaired) electrons. The van der Waals surface area contributed by atoms with Gasteiger partial charge in [0.05, 0.1) is 5.56 Å². The Morgan fingerprint density at radius 1 is 1.43 bits per heavy atom. The third kappa shape index (κ3) is 2.74. The maximum atomic E-state index is 10.7. The van der Waals surface area contributed by atoms with Crippen molar-refractivity contribution in [2.45, 2.75) is 6.92 Å². The fourth-order valence-electron chi connectivity index (χ4n) is 1.08. The highest BCUT2D eigenvalue weighted by molar-refractivity contribution is 5.88. The van der Waals surface area contributed by atoms with Crippen molar-refractivity contribution in [3.05, 3.63) is 29.3 Å². The monoisotopic (exact) mass is 196 g/mol. The van der Waals surface area contributed by atoms with E-state index in [1.807, 2.05) is 6.92 Å². The van der Waals surface area contributed by atoms with Gasteiger partial charge in [-0.15, -0.1) is 0 Å². The molecule has 0 saturated carbocycles. The van der Waals surface area contributed by atoms with Gasteiger partial charge in [-0.1, -0.05) is 0 Å². The highest BCUT2D eigenvalue weighted by Gasteiger charge is 2.05. The second-order valence-electron chi connectivity index (χ2n) is 2.89. The van der Waals surface area contributed by atoms with Gasteiger partial charge in [0.25, 0.3) is 0 Å². The zero-order chi connectivity index (χ0) is 10.6. The molecule has 0 unspecified atom stereocenters. The van der Waals surface area contributed by atoms with Gasteiger partial charge in [-0.25, -0.2) is 4.79 Å². The van der Waals surface area contributed by atoms with Crippen LogP contribution in [-0.2, 0) is 4.74 Å². The minimum Gasteiger partial charge on any atom is -0.478 e. The van der Waals surface area contributed by atoms with E-state index in [2.05, 4.69) is 0 Å². The van der Waals surface area contributed by atoms with Crippen LogP contribution in [0.2, 0.25) is 0 Å². The molecule has 0 aliphatic rings.